The molecule has 1 saturated carbocycles. The Bertz CT molecular complexity index is 2360. The van der Waals surface area contributed by atoms with Crippen LogP contribution in [-0.2, 0) is 9.59 Å². The van der Waals surface area contributed by atoms with Gasteiger partial charge in [0.2, 0.25) is 17.8 Å². The average Bonchev–Trinajstić information content (AvgIpc) is 3.51. The second-order valence-electron chi connectivity index (χ2n) is 17.3. The monoisotopic (exact) mass is 833 g/mol. The van der Waals surface area contributed by atoms with E-state index >= 15 is 0 Å². The number of fused-ring (bicyclic) bond motifs is 1. The molecule has 3 aromatic rings. The minimum atomic E-state index is -2.69. The second-order valence-corrected chi connectivity index (χ2v) is 17.3. The molecule has 61 heavy (non-hydrogen) atoms. The van der Waals surface area contributed by atoms with Gasteiger partial charge in [-0.25, -0.2) is 4.98 Å². The Morgan fingerprint density at radius 2 is 1.70 bits per heavy atom. The van der Waals surface area contributed by atoms with E-state index in [1.54, 1.807) is 18.2 Å². The summed E-state index contributed by atoms with van der Waals surface area (Å²) in [5.74, 6) is -0.881. The second kappa shape index (κ2) is 16.7. The summed E-state index contributed by atoms with van der Waals surface area (Å²) in [6, 6.07) is 10.7. The summed E-state index contributed by atoms with van der Waals surface area (Å²) < 4.78 is 33.2. The third-order valence-electron chi connectivity index (χ3n) is 13.4. The molecule has 0 bridgehead atoms. The minimum Gasteiger partial charge on any atom is -0.495 e. The number of nitrogens with one attached hydrogen (secondary N) is 2. The number of piperidine rings is 3. The molecule has 17 heteroatoms. The molecule has 318 valence electrons. The first-order chi connectivity index (χ1) is 30.7. The molecule has 17 nitrogen and oxygen atoms in total. The first-order valence-electron chi connectivity index (χ1n) is 22.7. The summed E-state index contributed by atoms with van der Waals surface area (Å²) in [6.07, 6.45) is 8.46. The topological polar surface area (TPSA) is 203 Å². The van der Waals surface area contributed by atoms with Gasteiger partial charge in [-0.2, -0.15) is 5.26 Å². The number of likely N-dealkylation sites (tertiary alicyclic amines) is 1. The lowest BCUT2D eigenvalue weighted by atomic mass is 9.71. The maximum absolute atomic E-state index is 13.3. The van der Waals surface area contributed by atoms with Crippen molar-refractivity contribution in [3.05, 3.63) is 65.0 Å². The van der Waals surface area contributed by atoms with Crippen LogP contribution in [-0.4, -0.2) is 126 Å². The Hall–Kier alpha value is -6.15. The summed E-state index contributed by atoms with van der Waals surface area (Å²) in [5, 5.41) is 23.1. The number of benzene rings is 2. The van der Waals surface area contributed by atoms with Crippen LogP contribution in [0.1, 0.15) is 105 Å². The summed E-state index contributed by atoms with van der Waals surface area (Å²) >= 11 is 0. The number of amides is 5. The number of ether oxygens (including phenoxy) is 2. The van der Waals surface area contributed by atoms with Crippen molar-refractivity contribution >= 4 is 41.2 Å². The number of carbonyl (C=O) groups excluding carboxylic acids is 5. The van der Waals surface area contributed by atoms with Gasteiger partial charge in [-0.1, -0.05) is 0 Å². The average molecular weight is 834 g/mol. The number of rotatable bonds is 10. The maximum atomic E-state index is 13.3. The van der Waals surface area contributed by atoms with Crippen LogP contribution < -0.4 is 29.9 Å². The van der Waals surface area contributed by atoms with E-state index in [2.05, 4.69) is 40.5 Å². The lowest BCUT2D eigenvalue weighted by Gasteiger charge is -2.55. The van der Waals surface area contributed by atoms with Gasteiger partial charge in [0.15, 0.2) is 5.69 Å². The zero-order valence-electron chi connectivity index (χ0n) is 36.8. The molecule has 2 N–H and O–H groups in total. The van der Waals surface area contributed by atoms with Gasteiger partial charge in [0.25, 0.3) is 17.7 Å². The fraction of sp³-hybridized carbons (Fsp3) is 0.523. The summed E-state index contributed by atoms with van der Waals surface area (Å²) in [5.41, 5.74) is 1.99. The van der Waals surface area contributed by atoms with Gasteiger partial charge in [0, 0.05) is 62.4 Å². The van der Waals surface area contributed by atoms with Crippen LogP contribution in [0.3, 0.4) is 0 Å². The molecule has 5 aliphatic heterocycles. The van der Waals surface area contributed by atoms with E-state index in [9.17, 15) is 29.2 Å². The minimum absolute atomic E-state index is 0.0553. The molecule has 6 heterocycles. The predicted molar refractivity (Wildman–Crippen MR) is 220 cm³/mol. The first kappa shape index (κ1) is 36.7. The third-order valence-corrected chi connectivity index (χ3v) is 13.4. The highest BCUT2D eigenvalue weighted by molar-refractivity contribution is 6.23. The van der Waals surface area contributed by atoms with E-state index < -0.39 is 36.7 Å². The Balaban J connectivity index is 0.679. The molecule has 2 aromatic carbocycles. The predicted octanol–water partition coefficient (Wildman–Crippen LogP) is 3.09. The van der Waals surface area contributed by atoms with E-state index in [0.717, 1.165) is 82.1 Å². The van der Waals surface area contributed by atoms with Gasteiger partial charge >= 0.3 is 0 Å². The van der Waals surface area contributed by atoms with Crippen LogP contribution in [0.25, 0.3) is 0 Å². The van der Waals surface area contributed by atoms with E-state index in [1.165, 1.54) is 18.3 Å². The lowest BCUT2D eigenvalue weighted by Crippen LogP contribution is -2.60. The number of hydrogen-bond donors (Lipinski definition) is 2. The SMILES string of the molecule is [2H]C([2H])([2H])Oc1cc(OC2CCC(NC(=O)c3cnc(N4CCC(CN5CCC6(CC5)CN(c5ccc7c(c5)C(=O)N(C5CCC(=O)NC5=O)C7=O)C6)CC4)nn3)CC2)ccc1C#N. The Labute approximate surface area is 358 Å². The van der Waals surface area contributed by atoms with Crippen molar-refractivity contribution in [3.8, 4) is 17.6 Å². The number of nitrogens with zero attached hydrogens (tertiary/aromatic N) is 8. The van der Waals surface area contributed by atoms with Crippen LogP contribution in [0.2, 0.25) is 0 Å². The number of methoxy groups -OCH3 is 1. The number of nitriles is 1. The van der Waals surface area contributed by atoms with Crippen LogP contribution in [0.5, 0.6) is 11.5 Å². The van der Waals surface area contributed by atoms with Crippen molar-refractivity contribution in [2.45, 2.75) is 82.4 Å². The summed E-state index contributed by atoms with van der Waals surface area (Å²) in [4.78, 5) is 76.1. The Kier molecular flexibility index (Phi) is 10.1. The Morgan fingerprint density at radius 1 is 0.934 bits per heavy atom. The molecule has 1 aliphatic carbocycles. The fourth-order valence-corrected chi connectivity index (χ4v) is 9.86. The van der Waals surface area contributed by atoms with Gasteiger partial charge in [-0.15, -0.1) is 10.2 Å². The molecule has 1 aromatic heterocycles. The van der Waals surface area contributed by atoms with Crippen molar-refractivity contribution in [2.24, 2.45) is 11.3 Å². The van der Waals surface area contributed by atoms with E-state index in [0.29, 0.717) is 54.4 Å². The Morgan fingerprint density at radius 3 is 2.41 bits per heavy atom. The maximum Gasteiger partial charge on any atom is 0.273 e. The van der Waals surface area contributed by atoms with E-state index in [-0.39, 0.29) is 53.3 Å². The van der Waals surface area contributed by atoms with Crippen molar-refractivity contribution in [2.75, 3.05) is 62.7 Å². The number of aromatic nitrogens is 3. The van der Waals surface area contributed by atoms with Crippen molar-refractivity contribution < 1.29 is 37.6 Å². The fourth-order valence-electron chi connectivity index (χ4n) is 9.86. The molecule has 5 fully saturated rings. The van der Waals surface area contributed by atoms with Gasteiger partial charge in [-0.05, 0) is 107 Å². The molecule has 1 unspecified atom stereocenters. The summed E-state index contributed by atoms with van der Waals surface area (Å²) in [6.45, 7) is 6.51. The smallest absolute Gasteiger partial charge is 0.273 e. The number of anilines is 2. The van der Waals surface area contributed by atoms with Gasteiger partial charge in [0.1, 0.15) is 23.6 Å². The van der Waals surface area contributed by atoms with E-state index in [1.807, 2.05) is 12.1 Å². The largest absolute Gasteiger partial charge is 0.495 e. The van der Waals surface area contributed by atoms with Crippen molar-refractivity contribution in [1.82, 2.24) is 35.6 Å². The molecule has 9 rings (SSSR count). The van der Waals surface area contributed by atoms with Crippen LogP contribution >= 0.6 is 0 Å². The molecule has 1 spiro atoms. The standard InChI is InChI=1S/C44H50N10O7/c1-60-37-21-32(6-2-28(37)22-45)61-31-7-3-29(4-8-31)47-39(56)35-23-46-43(50-49-35)52-16-12-27(13-17-52)24-51-18-14-44(15-19-51)25-53(26-44)30-5-9-33-34(20-30)42(59)54(41(33)58)36-10-11-38(55)48-40(36)57/h2,5-6,9,20-21,23,27,29,31,36H,3-4,7-8,10-19,24-26H2,1H3,(H,47,56)(H,48,55,57)/i1D3. The van der Waals surface area contributed by atoms with E-state index in [4.69, 9.17) is 13.6 Å². The van der Waals surface area contributed by atoms with Gasteiger partial charge in [0.05, 0.1) is 40.1 Å². The number of hydrogen-bond acceptors (Lipinski definition) is 14. The van der Waals surface area contributed by atoms with Crippen molar-refractivity contribution in [3.63, 3.8) is 0 Å². The highest BCUT2D eigenvalue weighted by Gasteiger charge is 2.47. The van der Waals surface area contributed by atoms with Crippen LogP contribution in [0.4, 0.5) is 11.6 Å². The third kappa shape index (κ3) is 8.20. The van der Waals surface area contributed by atoms with Crippen LogP contribution in [0, 0.1) is 22.7 Å². The summed E-state index contributed by atoms with van der Waals surface area (Å²) in [7, 11) is -2.69. The van der Waals surface area contributed by atoms with Gasteiger partial charge < -0.3 is 29.5 Å². The van der Waals surface area contributed by atoms with Gasteiger partial charge in [-0.3, -0.25) is 34.2 Å². The van der Waals surface area contributed by atoms with Crippen LogP contribution in [0.15, 0.2) is 42.6 Å². The number of carbonyl (C=O) groups is 5. The lowest BCUT2D eigenvalue weighted by molar-refractivity contribution is -0.136. The molecule has 0 radical (unpaired) electrons. The first-order valence-corrected chi connectivity index (χ1v) is 21.2. The molecular weight excluding hydrogens is 781 g/mol. The quantitative estimate of drug-likeness (QED) is 0.282. The zero-order valence-corrected chi connectivity index (χ0v) is 33.8. The van der Waals surface area contributed by atoms with Crippen molar-refractivity contribution in [1.29, 1.82) is 5.26 Å². The zero-order chi connectivity index (χ0) is 44.8. The highest BCUT2D eigenvalue weighted by atomic mass is 16.5. The molecule has 4 saturated heterocycles. The molecule has 1 atom stereocenters. The normalized spacial score (nSPS) is 25.1. The molecular formula is C44H50N10O7. The molecule has 6 aliphatic rings. The number of imide groups is 2. The highest BCUT2D eigenvalue weighted by Crippen LogP contribution is 2.44. The molecule has 5 amide bonds.